The van der Waals surface area contributed by atoms with Crippen molar-refractivity contribution < 1.29 is 9.59 Å². The van der Waals surface area contributed by atoms with Crippen molar-refractivity contribution in [2.24, 2.45) is 5.73 Å². The number of aromatic nitrogens is 2. The van der Waals surface area contributed by atoms with E-state index in [4.69, 9.17) is 5.73 Å². The van der Waals surface area contributed by atoms with E-state index in [1.165, 1.54) is 11.3 Å². The highest BCUT2D eigenvalue weighted by Crippen LogP contribution is 2.11. The first-order valence-electron chi connectivity index (χ1n) is 6.68. The molecule has 0 spiro atoms. The molecule has 0 aliphatic carbocycles. The number of hydrogen-bond donors (Lipinski definition) is 2. The fraction of sp³-hybridized carbons (Fsp3) is 0.133. The lowest BCUT2D eigenvalue weighted by molar-refractivity contribution is -0.120. The molecule has 0 radical (unpaired) electrons. The molecular formula is C15H14N4O2S. The van der Waals surface area contributed by atoms with Crippen LogP contribution in [0.1, 0.15) is 21.6 Å². The summed E-state index contributed by atoms with van der Waals surface area (Å²) in [6.07, 6.45) is 3.98. The number of fused-ring (bicyclic) bond motifs is 1. The largest absolute Gasteiger partial charge is 0.366 e. The number of thiazole rings is 1. The number of amides is 2. The molecule has 0 aliphatic heterocycles. The van der Waals surface area contributed by atoms with Crippen molar-refractivity contribution in [1.82, 2.24) is 14.7 Å². The molecule has 0 saturated carbocycles. The summed E-state index contributed by atoms with van der Waals surface area (Å²) in [6, 6.07) is 6.89. The van der Waals surface area contributed by atoms with E-state index in [2.05, 4.69) is 10.3 Å². The number of hydrogen-bond acceptors (Lipinski definition) is 4. The second kappa shape index (κ2) is 5.98. The van der Waals surface area contributed by atoms with E-state index in [1.54, 1.807) is 18.2 Å². The Morgan fingerprint density at radius 2 is 2.23 bits per heavy atom. The average molecular weight is 314 g/mol. The number of primary amides is 1. The molecule has 3 N–H and O–H groups in total. The van der Waals surface area contributed by atoms with Gasteiger partial charge in [-0.3, -0.25) is 14.0 Å². The summed E-state index contributed by atoms with van der Waals surface area (Å²) in [5.74, 6) is -0.596. The normalized spacial score (nSPS) is 10.7. The van der Waals surface area contributed by atoms with Crippen LogP contribution in [0, 0.1) is 0 Å². The highest BCUT2D eigenvalue weighted by molar-refractivity contribution is 7.15. The average Bonchev–Trinajstić information content (AvgIpc) is 3.06. The number of carbonyl (C=O) groups excluding carboxylic acids is 2. The molecule has 0 aliphatic rings. The summed E-state index contributed by atoms with van der Waals surface area (Å²) in [5, 5.41) is 4.76. The minimum atomic E-state index is -0.480. The number of nitrogens with two attached hydrogens (primary N) is 1. The number of benzene rings is 1. The van der Waals surface area contributed by atoms with E-state index in [0.717, 1.165) is 16.2 Å². The topological polar surface area (TPSA) is 89.5 Å². The van der Waals surface area contributed by atoms with Gasteiger partial charge in [0, 0.05) is 29.9 Å². The molecule has 2 amide bonds. The van der Waals surface area contributed by atoms with Crippen LogP contribution in [0.5, 0.6) is 0 Å². The monoisotopic (exact) mass is 314 g/mol. The van der Waals surface area contributed by atoms with E-state index in [1.807, 2.05) is 28.2 Å². The fourth-order valence-corrected chi connectivity index (χ4v) is 2.84. The quantitative estimate of drug-likeness (QED) is 0.745. The molecule has 6 nitrogen and oxygen atoms in total. The first kappa shape index (κ1) is 14.3. The summed E-state index contributed by atoms with van der Waals surface area (Å²) in [6.45, 7) is 0.349. The Hall–Kier alpha value is -2.67. The molecule has 0 fully saturated rings. The van der Waals surface area contributed by atoms with Gasteiger partial charge in [0.1, 0.15) is 0 Å². The van der Waals surface area contributed by atoms with E-state index >= 15 is 0 Å². The number of nitrogens with zero attached hydrogens (tertiary/aromatic N) is 2. The predicted molar refractivity (Wildman–Crippen MR) is 83.6 cm³/mol. The molecule has 112 valence electrons. The van der Waals surface area contributed by atoms with Gasteiger partial charge in [-0.2, -0.15) is 0 Å². The third-order valence-electron chi connectivity index (χ3n) is 3.19. The standard InChI is InChI=1S/C15H14N4O2S/c16-14(21)11-3-1-2-10(6-11)8-17-13(20)7-12-9-19-4-5-22-15(19)18-12/h1-6,9H,7-8H2,(H2,16,21)(H,17,20). The van der Waals surface area contributed by atoms with Crippen LogP contribution >= 0.6 is 11.3 Å². The van der Waals surface area contributed by atoms with Crippen LogP contribution in [0.4, 0.5) is 0 Å². The highest BCUT2D eigenvalue weighted by Gasteiger charge is 2.08. The van der Waals surface area contributed by atoms with Gasteiger partial charge in [-0.15, -0.1) is 11.3 Å². The maximum atomic E-state index is 12.0. The first-order valence-corrected chi connectivity index (χ1v) is 7.56. The van der Waals surface area contributed by atoms with Crippen molar-refractivity contribution in [1.29, 1.82) is 0 Å². The lowest BCUT2D eigenvalue weighted by Gasteiger charge is -2.05. The Balaban J connectivity index is 1.59. The molecule has 3 aromatic rings. The summed E-state index contributed by atoms with van der Waals surface area (Å²) in [5.41, 5.74) is 7.22. The zero-order valence-electron chi connectivity index (χ0n) is 11.7. The van der Waals surface area contributed by atoms with Crippen molar-refractivity contribution in [2.45, 2.75) is 13.0 Å². The maximum absolute atomic E-state index is 12.0. The van der Waals surface area contributed by atoms with Crippen molar-refractivity contribution in [3.05, 3.63) is 58.9 Å². The Morgan fingerprint density at radius 3 is 3.00 bits per heavy atom. The Bertz CT molecular complexity index is 808. The van der Waals surface area contributed by atoms with Crippen LogP contribution in [0.25, 0.3) is 4.96 Å². The van der Waals surface area contributed by atoms with Crippen molar-refractivity contribution in [3.63, 3.8) is 0 Å². The third-order valence-corrected chi connectivity index (χ3v) is 3.96. The Kier molecular flexibility index (Phi) is 3.88. The van der Waals surface area contributed by atoms with Gasteiger partial charge >= 0.3 is 0 Å². The second-order valence-corrected chi connectivity index (χ2v) is 5.72. The fourth-order valence-electron chi connectivity index (χ4n) is 2.12. The number of imidazole rings is 1. The summed E-state index contributed by atoms with van der Waals surface area (Å²) < 4.78 is 1.89. The lowest BCUT2D eigenvalue weighted by Crippen LogP contribution is -2.25. The summed E-state index contributed by atoms with van der Waals surface area (Å²) >= 11 is 1.53. The number of rotatable bonds is 5. The maximum Gasteiger partial charge on any atom is 0.248 e. The number of carbonyl (C=O) groups is 2. The van der Waals surface area contributed by atoms with Crippen molar-refractivity contribution in [2.75, 3.05) is 0 Å². The van der Waals surface area contributed by atoms with Crippen LogP contribution in [-0.2, 0) is 17.8 Å². The molecule has 3 rings (SSSR count). The zero-order valence-corrected chi connectivity index (χ0v) is 12.5. The summed E-state index contributed by atoms with van der Waals surface area (Å²) in [7, 11) is 0. The van der Waals surface area contributed by atoms with Gasteiger partial charge in [-0.25, -0.2) is 4.98 Å². The third kappa shape index (κ3) is 3.15. The molecule has 22 heavy (non-hydrogen) atoms. The predicted octanol–water partition coefficient (Wildman–Crippen LogP) is 1.35. The van der Waals surface area contributed by atoms with Crippen molar-refractivity contribution in [3.8, 4) is 0 Å². The molecule has 0 saturated heterocycles. The molecule has 2 heterocycles. The van der Waals surface area contributed by atoms with Crippen LogP contribution < -0.4 is 11.1 Å². The molecule has 0 atom stereocenters. The molecular weight excluding hydrogens is 300 g/mol. The molecule has 7 heteroatoms. The van der Waals surface area contributed by atoms with Gasteiger partial charge in [-0.1, -0.05) is 12.1 Å². The van der Waals surface area contributed by atoms with E-state index in [-0.39, 0.29) is 12.3 Å². The smallest absolute Gasteiger partial charge is 0.248 e. The van der Waals surface area contributed by atoms with Gasteiger partial charge < -0.3 is 11.1 Å². The van der Waals surface area contributed by atoms with Gasteiger partial charge in [-0.05, 0) is 17.7 Å². The molecule has 2 aromatic heterocycles. The van der Waals surface area contributed by atoms with E-state index in [0.29, 0.717) is 12.1 Å². The van der Waals surface area contributed by atoms with Gasteiger partial charge in [0.05, 0.1) is 12.1 Å². The highest BCUT2D eigenvalue weighted by atomic mass is 32.1. The number of nitrogens with one attached hydrogen (secondary N) is 1. The molecule has 0 unspecified atom stereocenters. The van der Waals surface area contributed by atoms with Crippen LogP contribution in [0.2, 0.25) is 0 Å². The minimum Gasteiger partial charge on any atom is -0.366 e. The zero-order chi connectivity index (χ0) is 15.5. The van der Waals surface area contributed by atoms with Gasteiger partial charge in [0.15, 0.2) is 4.96 Å². The molecule has 1 aromatic carbocycles. The van der Waals surface area contributed by atoms with Crippen LogP contribution in [0.3, 0.4) is 0 Å². The van der Waals surface area contributed by atoms with E-state index in [9.17, 15) is 9.59 Å². The van der Waals surface area contributed by atoms with Crippen molar-refractivity contribution >= 4 is 28.1 Å². The lowest BCUT2D eigenvalue weighted by atomic mass is 10.1. The van der Waals surface area contributed by atoms with E-state index < -0.39 is 5.91 Å². The van der Waals surface area contributed by atoms with Crippen LogP contribution in [-0.4, -0.2) is 21.2 Å². The molecule has 0 bridgehead atoms. The minimum absolute atomic E-state index is 0.116. The Morgan fingerprint density at radius 1 is 1.36 bits per heavy atom. The second-order valence-electron chi connectivity index (χ2n) is 4.84. The van der Waals surface area contributed by atoms with Gasteiger partial charge in [0.2, 0.25) is 11.8 Å². The first-order chi connectivity index (χ1) is 10.6. The SMILES string of the molecule is NC(=O)c1cccc(CNC(=O)Cc2cn3ccsc3n2)c1. The van der Waals surface area contributed by atoms with Crippen LogP contribution in [0.15, 0.2) is 42.0 Å². The Labute approximate surface area is 130 Å². The van der Waals surface area contributed by atoms with Gasteiger partial charge in [0.25, 0.3) is 0 Å². The summed E-state index contributed by atoms with van der Waals surface area (Å²) in [4.78, 5) is 28.3.